The van der Waals surface area contributed by atoms with Crippen LogP contribution in [0.15, 0.2) is 69.8 Å². The molecule has 0 saturated carbocycles. The molecule has 0 spiro atoms. The highest BCUT2D eigenvalue weighted by Gasteiger charge is 2.81. The quantitative estimate of drug-likeness (QED) is 0.0758. The second-order valence-corrected chi connectivity index (χ2v) is 22.4. The Bertz CT molecular complexity index is 2680. The number of methoxy groups -OCH3 is 2. The van der Waals surface area contributed by atoms with Crippen LogP contribution in [0, 0.1) is 0 Å². The first-order valence-corrected chi connectivity index (χ1v) is 24.1. The molecule has 350 valence electrons. The van der Waals surface area contributed by atoms with E-state index in [0.717, 1.165) is 28.0 Å². The van der Waals surface area contributed by atoms with Crippen molar-refractivity contribution in [2.75, 3.05) is 40.6 Å². The molecule has 0 aliphatic heterocycles. The van der Waals surface area contributed by atoms with Gasteiger partial charge in [-0.2, -0.15) is 26.3 Å². The molecule has 0 bridgehead atoms. The molecule has 7 rings (SSSR count). The van der Waals surface area contributed by atoms with E-state index in [1.807, 2.05) is 85.2 Å². The maximum atomic E-state index is 17.3. The molecule has 65 heavy (non-hydrogen) atoms. The van der Waals surface area contributed by atoms with Crippen molar-refractivity contribution in [1.29, 1.82) is 0 Å². The first kappa shape index (κ1) is 48.8. The van der Waals surface area contributed by atoms with Crippen LogP contribution in [0.2, 0.25) is 0 Å². The molecule has 0 unspecified atom stereocenters. The van der Waals surface area contributed by atoms with Gasteiger partial charge in [-0.1, -0.05) is 86.6 Å². The number of alkyl halides is 6. The third-order valence-corrected chi connectivity index (χ3v) is 15.0. The fourth-order valence-corrected chi connectivity index (χ4v) is 11.3. The van der Waals surface area contributed by atoms with Crippen molar-refractivity contribution in [3.05, 3.63) is 93.2 Å². The van der Waals surface area contributed by atoms with Gasteiger partial charge in [0.15, 0.2) is 11.5 Å². The molecule has 0 fully saturated rings. The van der Waals surface area contributed by atoms with Gasteiger partial charge in [0.25, 0.3) is 0 Å². The number of rotatable bonds is 15. The van der Waals surface area contributed by atoms with E-state index in [9.17, 15) is 0 Å². The highest BCUT2D eigenvalue weighted by Crippen LogP contribution is 2.68. The van der Waals surface area contributed by atoms with E-state index in [2.05, 4.69) is 0 Å². The first-order chi connectivity index (χ1) is 30.3. The summed E-state index contributed by atoms with van der Waals surface area (Å²) >= 11 is 3.76. The molecule has 14 heteroatoms. The minimum atomic E-state index is -5.85. The van der Waals surface area contributed by atoms with Gasteiger partial charge in [-0.15, -0.1) is 34.0 Å². The Kier molecular flexibility index (Phi) is 13.4. The lowest BCUT2D eigenvalue weighted by molar-refractivity contribution is -0.254. The monoisotopic (exact) mass is 958 g/mol. The van der Waals surface area contributed by atoms with Crippen LogP contribution in [0.5, 0.6) is 11.5 Å². The third kappa shape index (κ3) is 9.19. The molecule has 0 amide bonds. The molecular weight excluding hydrogens is 903 g/mol. The van der Waals surface area contributed by atoms with E-state index < -0.39 is 40.0 Å². The van der Waals surface area contributed by atoms with Gasteiger partial charge < -0.3 is 23.4 Å². The predicted molar refractivity (Wildman–Crippen MR) is 254 cm³/mol. The molecule has 4 heterocycles. The summed E-state index contributed by atoms with van der Waals surface area (Å²) < 4.78 is 131. The van der Waals surface area contributed by atoms with E-state index in [4.69, 9.17) is 23.4 Å². The second-order valence-electron chi connectivity index (χ2n) is 19.5. The summed E-state index contributed by atoms with van der Waals surface area (Å²) in [6.07, 6.45) is 0.937. The molecular formula is C51H56F6O5S3. The topological polar surface area (TPSA) is 50.1 Å². The normalized spacial score (nSPS) is 16.3. The summed E-state index contributed by atoms with van der Waals surface area (Å²) in [6.45, 7) is 19.2. The molecule has 6 aromatic rings. The zero-order valence-corrected chi connectivity index (χ0v) is 41.1. The van der Waals surface area contributed by atoms with Crippen LogP contribution in [0.1, 0.15) is 103 Å². The lowest BCUT2D eigenvalue weighted by Gasteiger charge is -2.26. The van der Waals surface area contributed by atoms with Crippen molar-refractivity contribution in [1.82, 2.24) is 0 Å². The Balaban J connectivity index is 1.59. The Hall–Kier alpha value is -4.08. The molecule has 1 aliphatic rings. The maximum absolute atomic E-state index is 17.3. The van der Waals surface area contributed by atoms with Gasteiger partial charge in [0, 0.05) is 94.2 Å². The van der Waals surface area contributed by atoms with Crippen LogP contribution in [0.4, 0.5) is 26.3 Å². The Morgan fingerprint density at radius 3 is 1.60 bits per heavy atom. The summed E-state index contributed by atoms with van der Waals surface area (Å²) in [6, 6.07) is 14.8. The molecule has 0 N–H and O–H groups in total. The summed E-state index contributed by atoms with van der Waals surface area (Å²) in [5.41, 5.74) is -1.93. The lowest BCUT2D eigenvalue weighted by atomic mass is 9.86. The largest absolute Gasteiger partial charge is 0.490 e. The number of hydrogen-bond acceptors (Lipinski definition) is 8. The van der Waals surface area contributed by atoms with Crippen LogP contribution in [-0.2, 0) is 25.7 Å². The van der Waals surface area contributed by atoms with Crippen molar-refractivity contribution in [3.63, 3.8) is 0 Å². The SMILES string of the molecule is COCCCOc1cc2oc(-c3ccc(C(C)(C)C)cc3)c(C3=C(c4cc(-c5cc(C(C)(C)C)cs5)sc4-c4cc(C(C)(C)C)cs4)C(F)(F)C(F)(F)C3(F)F)c2cc1OCCCOC. The lowest BCUT2D eigenvalue weighted by Crippen LogP contribution is -2.48. The minimum Gasteiger partial charge on any atom is -0.490 e. The molecule has 0 saturated heterocycles. The predicted octanol–water partition coefficient (Wildman–Crippen LogP) is 16.2. The average Bonchev–Trinajstić information content (AvgIpc) is 4.05. The smallest absolute Gasteiger partial charge is 0.380 e. The van der Waals surface area contributed by atoms with Crippen LogP contribution in [0.25, 0.3) is 52.9 Å². The Labute approximate surface area is 389 Å². The minimum absolute atomic E-state index is 0.0466. The molecule has 0 radical (unpaired) electrons. The van der Waals surface area contributed by atoms with E-state index in [1.54, 1.807) is 31.4 Å². The van der Waals surface area contributed by atoms with Gasteiger partial charge in [0.2, 0.25) is 0 Å². The zero-order chi connectivity index (χ0) is 47.5. The fourth-order valence-electron chi connectivity index (χ4n) is 7.67. The van der Waals surface area contributed by atoms with Crippen molar-refractivity contribution < 1.29 is 49.7 Å². The van der Waals surface area contributed by atoms with Gasteiger partial charge in [0.05, 0.1) is 18.1 Å². The van der Waals surface area contributed by atoms with Crippen LogP contribution in [-0.4, -0.2) is 58.4 Å². The average molecular weight is 959 g/mol. The summed E-state index contributed by atoms with van der Waals surface area (Å²) in [5.74, 6) is -16.6. The van der Waals surface area contributed by atoms with Gasteiger partial charge in [-0.25, -0.2) is 0 Å². The fraction of sp³-hybridized carbons (Fsp3) is 0.451. The van der Waals surface area contributed by atoms with Gasteiger partial charge in [0.1, 0.15) is 11.3 Å². The van der Waals surface area contributed by atoms with Gasteiger partial charge in [-0.05, 0) is 68.0 Å². The summed E-state index contributed by atoms with van der Waals surface area (Å²) in [4.78, 5) is 1.86. The second kappa shape index (κ2) is 17.9. The highest BCUT2D eigenvalue weighted by molar-refractivity contribution is 7.26. The van der Waals surface area contributed by atoms with Crippen LogP contribution < -0.4 is 9.47 Å². The van der Waals surface area contributed by atoms with E-state index >= 15 is 26.3 Å². The van der Waals surface area contributed by atoms with Crippen molar-refractivity contribution >= 4 is 56.1 Å². The third-order valence-electron chi connectivity index (χ3n) is 11.6. The number of furan rings is 1. The molecule has 0 atom stereocenters. The number of fused-ring (bicyclic) bond motifs is 1. The molecule has 2 aromatic carbocycles. The number of halogens is 6. The maximum Gasteiger partial charge on any atom is 0.380 e. The Morgan fingerprint density at radius 1 is 0.569 bits per heavy atom. The highest BCUT2D eigenvalue weighted by atomic mass is 32.1. The number of thiophene rings is 3. The van der Waals surface area contributed by atoms with E-state index in [-0.39, 0.29) is 68.1 Å². The van der Waals surface area contributed by atoms with Gasteiger partial charge in [-0.3, -0.25) is 0 Å². The van der Waals surface area contributed by atoms with Crippen molar-refractivity contribution in [3.8, 4) is 42.3 Å². The van der Waals surface area contributed by atoms with Crippen LogP contribution in [0.3, 0.4) is 0 Å². The first-order valence-electron chi connectivity index (χ1n) is 21.5. The standard InChI is InChI=1S/C51H56F6O5S3/c1-46(2,3)30-16-14-29(15-17-30)44-41(33-24-36(60-20-12-18-58-10)37(26-35(33)62-44)61-21-13-19-59-11)43-42(49(52,53)51(56,57)50(43,54)55)34-25-39(38-22-31(27-63-38)47(4,5)6)65-45(34)40-23-32(28-64-40)48(7,8)9/h14-17,22-28H,12-13,18-21H2,1-11H3. The molecule has 4 aromatic heterocycles. The van der Waals surface area contributed by atoms with Gasteiger partial charge >= 0.3 is 17.8 Å². The number of hydrogen-bond donors (Lipinski definition) is 0. The summed E-state index contributed by atoms with van der Waals surface area (Å²) in [5, 5.41) is 3.73. The molecule has 1 aliphatic carbocycles. The van der Waals surface area contributed by atoms with E-state index in [1.165, 1.54) is 48.0 Å². The number of ether oxygens (including phenoxy) is 4. The number of allylic oxidation sites excluding steroid dienone is 2. The Morgan fingerprint density at radius 2 is 1.08 bits per heavy atom. The molecule has 5 nitrogen and oxygen atoms in total. The zero-order valence-electron chi connectivity index (χ0n) is 38.6. The van der Waals surface area contributed by atoms with Crippen molar-refractivity contribution in [2.45, 2.75) is 109 Å². The van der Waals surface area contributed by atoms with Crippen molar-refractivity contribution in [2.24, 2.45) is 0 Å². The van der Waals surface area contributed by atoms with Crippen LogP contribution >= 0.6 is 34.0 Å². The van der Waals surface area contributed by atoms with E-state index in [0.29, 0.717) is 40.7 Å². The summed E-state index contributed by atoms with van der Waals surface area (Å²) in [7, 11) is 3.09. The number of benzene rings is 2.